The van der Waals surface area contributed by atoms with Crippen molar-refractivity contribution in [3.8, 4) is 0 Å². The lowest BCUT2D eigenvalue weighted by molar-refractivity contribution is -0.147. The molecule has 0 saturated carbocycles. The zero-order chi connectivity index (χ0) is 12.1. The molecule has 1 atom stereocenters. The standard InChI is InChI=1S/C12H14O4/c1-8-4-5-10(11(14)12(15)16)9(7-8)3-2-6-13/h4-7,11,14H,2-3H2,1H3,(H,15,16). The largest absolute Gasteiger partial charge is 0.479 e. The van der Waals surface area contributed by atoms with Crippen LogP contribution in [0.4, 0.5) is 0 Å². The van der Waals surface area contributed by atoms with Gasteiger partial charge < -0.3 is 15.0 Å². The summed E-state index contributed by atoms with van der Waals surface area (Å²) in [6, 6.07) is 5.13. The summed E-state index contributed by atoms with van der Waals surface area (Å²) in [4.78, 5) is 21.0. The van der Waals surface area contributed by atoms with Gasteiger partial charge in [-0.1, -0.05) is 23.8 Å². The summed E-state index contributed by atoms with van der Waals surface area (Å²) in [5, 5.41) is 18.2. The maximum absolute atomic E-state index is 10.7. The van der Waals surface area contributed by atoms with Gasteiger partial charge in [0.05, 0.1) is 0 Å². The first-order chi connectivity index (χ1) is 7.56. The molecule has 0 heterocycles. The van der Waals surface area contributed by atoms with Gasteiger partial charge in [-0.05, 0) is 24.5 Å². The van der Waals surface area contributed by atoms with Gasteiger partial charge in [-0.2, -0.15) is 0 Å². The van der Waals surface area contributed by atoms with Crippen LogP contribution in [0.1, 0.15) is 29.2 Å². The Kier molecular flexibility index (Phi) is 4.19. The minimum Gasteiger partial charge on any atom is -0.479 e. The fourth-order valence-electron chi connectivity index (χ4n) is 1.57. The van der Waals surface area contributed by atoms with E-state index in [9.17, 15) is 14.7 Å². The number of carbonyl (C=O) groups excluding carboxylic acids is 1. The van der Waals surface area contributed by atoms with Crippen molar-refractivity contribution in [1.29, 1.82) is 0 Å². The Hall–Kier alpha value is -1.68. The van der Waals surface area contributed by atoms with E-state index in [2.05, 4.69) is 0 Å². The first-order valence-electron chi connectivity index (χ1n) is 5.00. The third-order valence-electron chi connectivity index (χ3n) is 2.36. The summed E-state index contributed by atoms with van der Waals surface area (Å²) in [5.41, 5.74) is 2.05. The smallest absolute Gasteiger partial charge is 0.337 e. The van der Waals surface area contributed by atoms with Crippen LogP contribution in [0.3, 0.4) is 0 Å². The molecule has 0 bridgehead atoms. The number of aldehydes is 1. The van der Waals surface area contributed by atoms with Crippen LogP contribution in [0.2, 0.25) is 0 Å². The van der Waals surface area contributed by atoms with Crippen LogP contribution < -0.4 is 0 Å². The first kappa shape index (κ1) is 12.4. The van der Waals surface area contributed by atoms with Crippen molar-refractivity contribution in [3.63, 3.8) is 0 Å². The molecule has 0 amide bonds. The predicted molar refractivity (Wildman–Crippen MR) is 58.2 cm³/mol. The zero-order valence-electron chi connectivity index (χ0n) is 9.01. The van der Waals surface area contributed by atoms with Gasteiger partial charge >= 0.3 is 5.97 Å². The highest BCUT2D eigenvalue weighted by atomic mass is 16.4. The second kappa shape index (κ2) is 5.42. The van der Waals surface area contributed by atoms with Crippen molar-refractivity contribution in [2.75, 3.05) is 0 Å². The van der Waals surface area contributed by atoms with E-state index in [1.807, 2.05) is 6.92 Å². The second-order valence-electron chi connectivity index (χ2n) is 3.65. The Morgan fingerprint density at radius 2 is 2.19 bits per heavy atom. The number of aliphatic hydroxyl groups is 1. The number of hydrogen-bond acceptors (Lipinski definition) is 3. The Morgan fingerprint density at radius 1 is 1.50 bits per heavy atom. The van der Waals surface area contributed by atoms with E-state index in [4.69, 9.17) is 5.11 Å². The van der Waals surface area contributed by atoms with Crippen LogP contribution in [0.25, 0.3) is 0 Å². The highest BCUT2D eigenvalue weighted by Gasteiger charge is 2.18. The van der Waals surface area contributed by atoms with Crippen LogP contribution in [0.15, 0.2) is 18.2 Å². The van der Waals surface area contributed by atoms with Gasteiger partial charge in [-0.3, -0.25) is 0 Å². The summed E-state index contributed by atoms with van der Waals surface area (Å²) in [5.74, 6) is -1.28. The number of hydrogen-bond donors (Lipinski definition) is 2. The maximum Gasteiger partial charge on any atom is 0.337 e. The molecule has 0 aliphatic carbocycles. The molecule has 0 spiro atoms. The molecule has 0 saturated heterocycles. The Bertz CT molecular complexity index is 398. The van der Waals surface area contributed by atoms with Gasteiger partial charge in [0.2, 0.25) is 0 Å². The molecule has 4 heteroatoms. The summed E-state index contributed by atoms with van der Waals surface area (Å²) in [6.45, 7) is 1.88. The van der Waals surface area contributed by atoms with Crippen molar-refractivity contribution < 1.29 is 19.8 Å². The van der Waals surface area contributed by atoms with Crippen LogP contribution in [-0.4, -0.2) is 22.5 Å². The second-order valence-corrected chi connectivity index (χ2v) is 3.65. The van der Waals surface area contributed by atoms with E-state index in [1.54, 1.807) is 18.2 Å². The lowest BCUT2D eigenvalue weighted by Gasteiger charge is -2.12. The van der Waals surface area contributed by atoms with Gasteiger partial charge in [0.1, 0.15) is 6.29 Å². The molecule has 0 radical (unpaired) electrons. The quantitative estimate of drug-likeness (QED) is 0.735. The van der Waals surface area contributed by atoms with Crippen LogP contribution in [0, 0.1) is 6.92 Å². The normalized spacial score (nSPS) is 12.1. The minimum atomic E-state index is -1.53. The van der Waals surface area contributed by atoms with E-state index < -0.39 is 12.1 Å². The third kappa shape index (κ3) is 2.90. The molecule has 0 fully saturated rings. The van der Waals surface area contributed by atoms with E-state index >= 15 is 0 Å². The fraction of sp³-hybridized carbons (Fsp3) is 0.333. The molecule has 86 valence electrons. The molecule has 0 aliphatic rings. The molecule has 1 aromatic carbocycles. The van der Waals surface area contributed by atoms with Gasteiger partial charge in [0, 0.05) is 6.42 Å². The summed E-state index contributed by atoms with van der Waals surface area (Å²) in [7, 11) is 0. The molecule has 4 nitrogen and oxygen atoms in total. The molecule has 1 unspecified atom stereocenters. The number of carboxylic acid groups (broad SMARTS) is 1. The fourth-order valence-corrected chi connectivity index (χ4v) is 1.57. The molecular weight excluding hydrogens is 208 g/mol. The Balaban J connectivity index is 3.06. The molecule has 1 rings (SSSR count). The van der Waals surface area contributed by atoms with E-state index in [-0.39, 0.29) is 0 Å². The van der Waals surface area contributed by atoms with Crippen molar-refractivity contribution in [2.45, 2.75) is 25.9 Å². The van der Waals surface area contributed by atoms with Crippen molar-refractivity contribution in [3.05, 3.63) is 34.9 Å². The van der Waals surface area contributed by atoms with Crippen LogP contribution >= 0.6 is 0 Å². The highest BCUT2D eigenvalue weighted by Crippen LogP contribution is 2.21. The Morgan fingerprint density at radius 3 is 2.75 bits per heavy atom. The number of benzene rings is 1. The van der Waals surface area contributed by atoms with Crippen LogP contribution in [-0.2, 0) is 16.0 Å². The number of rotatable bonds is 5. The lowest BCUT2D eigenvalue weighted by Crippen LogP contribution is -2.13. The Labute approximate surface area is 93.5 Å². The van der Waals surface area contributed by atoms with E-state index in [0.29, 0.717) is 24.0 Å². The summed E-state index contributed by atoms with van der Waals surface area (Å²) >= 11 is 0. The summed E-state index contributed by atoms with van der Waals surface area (Å²) in [6.07, 6.45) is 0.0228. The molecule has 0 aromatic heterocycles. The first-order valence-corrected chi connectivity index (χ1v) is 5.00. The average molecular weight is 222 g/mol. The molecule has 2 N–H and O–H groups in total. The monoisotopic (exact) mass is 222 g/mol. The highest BCUT2D eigenvalue weighted by molar-refractivity contribution is 5.74. The minimum absolute atomic E-state index is 0.322. The number of carbonyl (C=O) groups is 2. The van der Waals surface area contributed by atoms with Gasteiger partial charge in [-0.15, -0.1) is 0 Å². The topological polar surface area (TPSA) is 74.6 Å². The van der Waals surface area contributed by atoms with E-state index in [0.717, 1.165) is 11.8 Å². The van der Waals surface area contributed by atoms with Gasteiger partial charge in [-0.25, -0.2) is 4.79 Å². The number of carboxylic acids is 1. The van der Waals surface area contributed by atoms with Crippen LogP contribution in [0.5, 0.6) is 0 Å². The summed E-state index contributed by atoms with van der Waals surface area (Å²) < 4.78 is 0. The average Bonchev–Trinajstić information content (AvgIpc) is 2.25. The number of aryl methyl sites for hydroxylation is 2. The van der Waals surface area contributed by atoms with Crippen molar-refractivity contribution in [1.82, 2.24) is 0 Å². The molecule has 1 aromatic rings. The maximum atomic E-state index is 10.7. The lowest BCUT2D eigenvalue weighted by atomic mass is 9.97. The SMILES string of the molecule is Cc1ccc(C(O)C(=O)O)c(CCC=O)c1. The molecular formula is C12H14O4. The van der Waals surface area contributed by atoms with Crippen molar-refractivity contribution in [2.24, 2.45) is 0 Å². The van der Waals surface area contributed by atoms with Crippen molar-refractivity contribution >= 4 is 12.3 Å². The molecule has 16 heavy (non-hydrogen) atoms. The van der Waals surface area contributed by atoms with Gasteiger partial charge in [0.15, 0.2) is 6.10 Å². The van der Waals surface area contributed by atoms with Gasteiger partial charge in [0.25, 0.3) is 0 Å². The predicted octanol–water partition coefficient (Wildman–Crippen LogP) is 1.24. The van der Waals surface area contributed by atoms with E-state index in [1.165, 1.54) is 0 Å². The third-order valence-corrected chi connectivity index (χ3v) is 2.36. The number of aliphatic hydroxyl groups excluding tert-OH is 1. The zero-order valence-corrected chi connectivity index (χ0v) is 9.01. The number of aliphatic carboxylic acids is 1. The molecule has 0 aliphatic heterocycles.